The van der Waals surface area contributed by atoms with E-state index in [4.69, 9.17) is 21.7 Å². The zero-order chi connectivity index (χ0) is 15.7. The van der Waals surface area contributed by atoms with Crippen molar-refractivity contribution in [1.29, 1.82) is 0 Å². The molecule has 0 aliphatic carbocycles. The summed E-state index contributed by atoms with van der Waals surface area (Å²) in [6.45, 7) is 0. The van der Waals surface area contributed by atoms with E-state index in [-0.39, 0.29) is 5.56 Å². The van der Waals surface area contributed by atoms with E-state index >= 15 is 0 Å². The van der Waals surface area contributed by atoms with Crippen molar-refractivity contribution in [2.24, 2.45) is 0 Å². The number of rotatable bonds is 4. The molecule has 3 aromatic rings. The van der Waals surface area contributed by atoms with Crippen LogP contribution in [0.3, 0.4) is 0 Å². The molecule has 0 aliphatic rings. The number of hydrogen-bond donors (Lipinski definition) is 1. The van der Waals surface area contributed by atoms with Gasteiger partial charge in [-0.3, -0.25) is 9.89 Å². The van der Waals surface area contributed by atoms with Gasteiger partial charge in [-0.15, -0.1) is 10.2 Å². The largest absolute Gasteiger partial charge is 0.497 e. The van der Waals surface area contributed by atoms with Crippen LogP contribution in [0.5, 0.6) is 11.5 Å². The van der Waals surface area contributed by atoms with Crippen molar-refractivity contribution in [3.63, 3.8) is 0 Å². The third-order valence-corrected chi connectivity index (χ3v) is 4.20. The van der Waals surface area contributed by atoms with Gasteiger partial charge in [-0.05, 0) is 18.3 Å². The van der Waals surface area contributed by atoms with E-state index in [2.05, 4.69) is 15.3 Å². The standard InChI is InChI=1S/C13H12N4O3S2/c1-19-8-4-3-7(10(6-8)20-2)5-9-11(18)17-12(15-14-9)22-13(21)16-17/h3-4,6H,5H2,1-2H3,(H,16,21). The Labute approximate surface area is 134 Å². The predicted octanol–water partition coefficient (Wildman–Crippen LogP) is 1.82. The predicted molar refractivity (Wildman–Crippen MR) is 84.7 cm³/mol. The normalized spacial score (nSPS) is 10.8. The quantitative estimate of drug-likeness (QED) is 0.732. The van der Waals surface area contributed by atoms with Crippen LogP contribution in [0.1, 0.15) is 11.3 Å². The first-order valence-corrected chi connectivity index (χ1v) is 7.53. The molecule has 0 aliphatic heterocycles. The van der Waals surface area contributed by atoms with E-state index < -0.39 is 0 Å². The van der Waals surface area contributed by atoms with Crippen molar-refractivity contribution in [3.05, 3.63) is 43.8 Å². The van der Waals surface area contributed by atoms with Crippen LogP contribution in [-0.2, 0) is 6.42 Å². The van der Waals surface area contributed by atoms with E-state index in [0.717, 1.165) is 5.56 Å². The summed E-state index contributed by atoms with van der Waals surface area (Å²) in [6, 6.07) is 5.40. The first-order valence-electron chi connectivity index (χ1n) is 6.30. The maximum atomic E-state index is 12.4. The molecule has 0 amide bonds. The summed E-state index contributed by atoms with van der Waals surface area (Å²) in [5.41, 5.74) is 0.865. The molecule has 0 saturated heterocycles. The number of aromatic amines is 1. The molecule has 1 N–H and O–H groups in total. The highest BCUT2D eigenvalue weighted by Gasteiger charge is 2.13. The zero-order valence-corrected chi connectivity index (χ0v) is 13.5. The molecular formula is C13H12N4O3S2. The maximum absolute atomic E-state index is 12.4. The Kier molecular flexibility index (Phi) is 3.90. The molecule has 0 unspecified atom stereocenters. The minimum absolute atomic E-state index is 0.268. The summed E-state index contributed by atoms with van der Waals surface area (Å²) < 4.78 is 12.3. The Morgan fingerprint density at radius 2 is 2.14 bits per heavy atom. The minimum atomic E-state index is -0.268. The first-order chi connectivity index (χ1) is 10.6. The lowest BCUT2D eigenvalue weighted by Crippen LogP contribution is -2.22. The average molecular weight is 336 g/mol. The van der Waals surface area contributed by atoms with E-state index in [1.807, 2.05) is 6.07 Å². The van der Waals surface area contributed by atoms with Gasteiger partial charge in [0, 0.05) is 18.1 Å². The fraction of sp³-hybridized carbons (Fsp3) is 0.231. The molecule has 1 aromatic carbocycles. The minimum Gasteiger partial charge on any atom is -0.497 e. The highest BCUT2D eigenvalue weighted by Crippen LogP contribution is 2.25. The second-order valence-corrected chi connectivity index (χ2v) is 6.07. The topological polar surface area (TPSA) is 81.5 Å². The van der Waals surface area contributed by atoms with Gasteiger partial charge in [0.2, 0.25) is 4.96 Å². The Bertz CT molecular complexity index is 944. The maximum Gasteiger partial charge on any atom is 0.295 e. The van der Waals surface area contributed by atoms with Crippen LogP contribution in [0.15, 0.2) is 23.0 Å². The molecule has 22 heavy (non-hydrogen) atoms. The first kappa shape index (κ1) is 14.7. The van der Waals surface area contributed by atoms with Crippen LogP contribution in [0, 0.1) is 3.95 Å². The van der Waals surface area contributed by atoms with Crippen LogP contribution >= 0.6 is 23.6 Å². The van der Waals surface area contributed by atoms with Crippen molar-refractivity contribution in [2.45, 2.75) is 6.42 Å². The number of nitrogens with one attached hydrogen (secondary N) is 1. The summed E-state index contributed by atoms with van der Waals surface area (Å²) in [6.07, 6.45) is 0.304. The Morgan fingerprint density at radius 1 is 1.32 bits per heavy atom. The molecule has 3 rings (SSSR count). The summed E-state index contributed by atoms with van der Waals surface area (Å²) in [5, 5.41) is 10.8. The molecule has 0 atom stereocenters. The van der Waals surface area contributed by atoms with Gasteiger partial charge in [-0.25, -0.2) is 0 Å². The van der Waals surface area contributed by atoms with Gasteiger partial charge in [-0.1, -0.05) is 17.4 Å². The van der Waals surface area contributed by atoms with E-state index in [0.29, 0.717) is 32.5 Å². The second kappa shape index (κ2) is 5.85. The molecular weight excluding hydrogens is 324 g/mol. The van der Waals surface area contributed by atoms with Crippen molar-refractivity contribution in [1.82, 2.24) is 19.8 Å². The Morgan fingerprint density at radius 3 is 2.86 bits per heavy atom. The van der Waals surface area contributed by atoms with Crippen LogP contribution < -0.4 is 15.0 Å². The van der Waals surface area contributed by atoms with Gasteiger partial charge in [0.25, 0.3) is 5.56 Å². The number of ether oxygens (including phenoxy) is 2. The zero-order valence-electron chi connectivity index (χ0n) is 11.8. The number of fused-ring (bicyclic) bond motifs is 1. The smallest absolute Gasteiger partial charge is 0.295 e. The summed E-state index contributed by atoms with van der Waals surface area (Å²) in [7, 11) is 3.15. The number of nitrogens with zero attached hydrogens (tertiary/aromatic N) is 3. The summed E-state index contributed by atoms with van der Waals surface area (Å²) >= 11 is 6.22. The van der Waals surface area contributed by atoms with Crippen LogP contribution in [0.25, 0.3) is 4.96 Å². The Hall–Kier alpha value is -2.26. The molecule has 0 saturated carbocycles. The molecule has 9 heteroatoms. The van der Waals surface area contributed by atoms with E-state index in [1.54, 1.807) is 26.4 Å². The molecule has 2 heterocycles. The van der Waals surface area contributed by atoms with Crippen molar-refractivity contribution < 1.29 is 9.47 Å². The molecule has 0 radical (unpaired) electrons. The lowest BCUT2D eigenvalue weighted by molar-refractivity contribution is 0.391. The van der Waals surface area contributed by atoms with Crippen molar-refractivity contribution in [2.75, 3.05) is 14.2 Å². The number of H-pyrrole nitrogens is 1. The van der Waals surface area contributed by atoms with Crippen molar-refractivity contribution >= 4 is 28.5 Å². The van der Waals surface area contributed by atoms with E-state index in [9.17, 15) is 4.79 Å². The molecule has 0 spiro atoms. The van der Waals surface area contributed by atoms with Crippen LogP contribution in [0.2, 0.25) is 0 Å². The third kappa shape index (κ3) is 2.60. The molecule has 0 bridgehead atoms. The van der Waals surface area contributed by atoms with Gasteiger partial charge >= 0.3 is 0 Å². The molecule has 0 fully saturated rings. The van der Waals surface area contributed by atoms with Gasteiger partial charge in [-0.2, -0.15) is 4.52 Å². The van der Waals surface area contributed by atoms with Gasteiger partial charge < -0.3 is 9.47 Å². The lowest BCUT2D eigenvalue weighted by Gasteiger charge is -2.09. The highest BCUT2D eigenvalue weighted by atomic mass is 32.1. The highest BCUT2D eigenvalue weighted by molar-refractivity contribution is 7.73. The third-order valence-electron chi connectivity index (χ3n) is 3.14. The fourth-order valence-electron chi connectivity index (χ4n) is 2.06. The number of benzene rings is 1. The summed E-state index contributed by atoms with van der Waals surface area (Å²) in [5.74, 6) is 1.31. The monoisotopic (exact) mass is 336 g/mol. The Balaban J connectivity index is 2.05. The molecule has 2 aromatic heterocycles. The molecule has 114 valence electrons. The van der Waals surface area contributed by atoms with Crippen LogP contribution in [0.4, 0.5) is 0 Å². The van der Waals surface area contributed by atoms with E-state index in [1.165, 1.54) is 15.9 Å². The average Bonchev–Trinajstić information content (AvgIpc) is 2.91. The lowest BCUT2D eigenvalue weighted by atomic mass is 10.1. The van der Waals surface area contributed by atoms with Gasteiger partial charge in [0.05, 0.1) is 14.2 Å². The summed E-state index contributed by atoms with van der Waals surface area (Å²) in [4.78, 5) is 12.8. The van der Waals surface area contributed by atoms with Crippen molar-refractivity contribution in [3.8, 4) is 11.5 Å². The SMILES string of the molecule is COc1ccc(Cc2nnc3sc(=S)[nH]n3c2=O)c(OC)c1. The second-order valence-electron chi connectivity index (χ2n) is 4.43. The fourth-order valence-corrected chi connectivity index (χ4v) is 2.98. The van der Waals surface area contributed by atoms with Gasteiger partial charge in [0.15, 0.2) is 3.95 Å². The number of methoxy groups -OCH3 is 2. The molecule has 7 nitrogen and oxygen atoms in total. The number of hydrogen-bond acceptors (Lipinski definition) is 7. The van der Waals surface area contributed by atoms with Crippen LogP contribution in [-0.4, -0.2) is 34.0 Å². The number of aromatic nitrogens is 4. The van der Waals surface area contributed by atoms with Gasteiger partial charge in [0.1, 0.15) is 17.2 Å².